The van der Waals surface area contributed by atoms with Gasteiger partial charge in [-0.15, -0.1) is 0 Å². The van der Waals surface area contributed by atoms with Crippen LogP contribution in [0.25, 0.3) is 0 Å². The SMILES string of the molecule is O=C(O)C1C2CC(CC2F)N1C(=O)OCc1ccccc1. The minimum Gasteiger partial charge on any atom is -0.480 e. The maximum absolute atomic E-state index is 13.7. The van der Waals surface area contributed by atoms with Crippen LogP contribution in [0.1, 0.15) is 18.4 Å². The fourth-order valence-electron chi connectivity index (χ4n) is 3.34. The summed E-state index contributed by atoms with van der Waals surface area (Å²) >= 11 is 0. The number of likely N-dealkylation sites (tertiary alicyclic amines) is 1. The summed E-state index contributed by atoms with van der Waals surface area (Å²) in [4.78, 5) is 24.7. The van der Waals surface area contributed by atoms with Crippen LogP contribution in [0.4, 0.5) is 9.18 Å². The Morgan fingerprint density at radius 2 is 2.00 bits per heavy atom. The van der Waals surface area contributed by atoms with Crippen LogP contribution in [-0.4, -0.2) is 40.3 Å². The number of piperidine rings is 1. The Labute approximate surface area is 121 Å². The van der Waals surface area contributed by atoms with E-state index < -0.39 is 30.2 Å². The molecule has 1 aromatic rings. The van der Waals surface area contributed by atoms with Crippen molar-refractivity contribution in [3.8, 4) is 0 Å². The number of hydrogen-bond donors (Lipinski definition) is 1. The third-order valence-corrected chi connectivity index (χ3v) is 4.27. The second-order valence-corrected chi connectivity index (χ2v) is 5.54. The number of nitrogens with zero attached hydrogens (tertiary/aromatic N) is 1. The van der Waals surface area contributed by atoms with E-state index in [1.54, 1.807) is 0 Å². The van der Waals surface area contributed by atoms with Crippen LogP contribution in [0.2, 0.25) is 0 Å². The molecule has 5 nitrogen and oxygen atoms in total. The first-order valence-corrected chi connectivity index (χ1v) is 6.94. The number of carboxylic acid groups (broad SMARTS) is 1. The highest BCUT2D eigenvalue weighted by Gasteiger charge is 2.57. The van der Waals surface area contributed by atoms with Gasteiger partial charge in [0, 0.05) is 12.0 Å². The van der Waals surface area contributed by atoms with E-state index in [1.165, 1.54) is 4.90 Å². The summed E-state index contributed by atoms with van der Waals surface area (Å²) in [7, 11) is 0. The molecule has 6 heteroatoms. The number of rotatable bonds is 3. The summed E-state index contributed by atoms with van der Waals surface area (Å²) in [5.41, 5.74) is 0.824. The summed E-state index contributed by atoms with van der Waals surface area (Å²) in [6.45, 7) is 0.0823. The van der Waals surface area contributed by atoms with Crippen LogP contribution in [0.15, 0.2) is 30.3 Å². The zero-order chi connectivity index (χ0) is 15.0. The molecule has 2 bridgehead atoms. The molecule has 4 atom stereocenters. The van der Waals surface area contributed by atoms with Crippen molar-refractivity contribution >= 4 is 12.1 Å². The van der Waals surface area contributed by atoms with E-state index in [0.717, 1.165) is 5.56 Å². The fourth-order valence-corrected chi connectivity index (χ4v) is 3.34. The van der Waals surface area contributed by atoms with Crippen LogP contribution < -0.4 is 0 Å². The minimum absolute atomic E-state index is 0.0823. The number of hydrogen-bond acceptors (Lipinski definition) is 3. The van der Waals surface area contributed by atoms with E-state index in [0.29, 0.717) is 6.42 Å². The lowest BCUT2D eigenvalue weighted by atomic mass is 9.97. The van der Waals surface area contributed by atoms with Gasteiger partial charge in [-0.3, -0.25) is 4.90 Å². The van der Waals surface area contributed by atoms with Crippen molar-refractivity contribution in [1.82, 2.24) is 4.90 Å². The zero-order valence-corrected chi connectivity index (χ0v) is 11.3. The van der Waals surface area contributed by atoms with Crippen molar-refractivity contribution in [3.05, 3.63) is 35.9 Å². The van der Waals surface area contributed by atoms with E-state index in [1.807, 2.05) is 30.3 Å². The van der Waals surface area contributed by atoms with Gasteiger partial charge in [0.15, 0.2) is 0 Å². The zero-order valence-electron chi connectivity index (χ0n) is 11.3. The van der Waals surface area contributed by atoms with Gasteiger partial charge in [-0.05, 0) is 18.4 Å². The number of benzene rings is 1. The molecule has 1 N–H and O–H groups in total. The predicted molar refractivity (Wildman–Crippen MR) is 71.3 cm³/mol. The molecular formula is C15H16FNO4. The number of alkyl halides is 1. The van der Waals surface area contributed by atoms with Gasteiger partial charge in [-0.1, -0.05) is 30.3 Å². The number of aliphatic carboxylic acids is 1. The van der Waals surface area contributed by atoms with Gasteiger partial charge in [-0.25, -0.2) is 14.0 Å². The summed E-state index contributed by atoms with van der Waals surface area (Å²) in [5.74, 6) is -1.78. The van der Waals surface area contributed by atoms with Crippen molar-refractivity contribution in [2.24, 2.45) is 5.92 Å². The molecule has 1 amide bonds. The molecule has 0 radical (unpaired) electrons. The Kier molecular flexibility index (Phi) is 3.53. The molecule has 0 spiro atoms. The molecule has 1 heterocycles. The maximum atomic E-state index is 13.7. The fraction of sp³-hybridized carbons (Fsp3) is 0.467. The molecule has 4 unspecified atom stereocenters. The van der Waals surface area contributed by atoms with Crippen molar-refractivity contribution in [2.45, 2.75) is 37.7 Å². The molecule has 112 valence electrons. The number of carbonyl (C=O) groups excluding carboxylic acids is 1. The van der Waals surface area contributed by atoms with Gasteiger partial charge in [0.1, 0.15) is 18.8 Å². The molecule has 1 aliphatic carbocycles. The van der Waals surface area contributed by atoms with E-state index in [2.05, 4.69) is 0 Å². The van der Waals surface area contributed by atoms with E-state index in [-0.39, 0.29) is 19.1 Å². The predicted octanol–water partition coefficient (Wildman–Crippen LogP) is 2.21. The van der Waals surface area contributed by atoms with Crippen molar-refractivity contribution in [3.63, 3.8) is 0 Å². The first-order valence-electron chi connectivity index (χ1n) is 6.94. The molecule has 2 aliphatic rings. The average molecular weight is 293 g/mol. The molecular weight excluding hydrogens is 277 g/mol. The molecule has 1 saturated heterocycles. The summed E-state index contributed by atoms with van der Waals surface area (Å²) in [5, 5.41) is 9.24. The Morgan fingerprint density at radius 1 is 1.29 bits per heavy atom. The van der Waals surface area contributed by atoms with Gasteiger partial charge in [0.25, 0.3) is 0 Å². The number of ether oxygens (including phenoxy) is 1. The highest BCUT2D eigenvalue weighted by atomic mass is 19.1. The first kappa shape index (κ1) is 13.9. The molecule has 1 aliphatic heterocycles. The number of carbonyl (C=O) groups is 2. The summed E-state index contributed by atoms with van der Waals surface area (Å²) in [6.07, 6.45) is -1.21. The normalized spacial score (nSPS) is 30.4. The lowest BCUT2D eigenvalue weighted by Crippen LogP contribution is -2.51. The summed E-state index contributed by atoms with van der Waals surface area (Å²) < 4.78 is 18.9. The smallest absolute Gasteiger partial charge is 0.411 e. The van der Waals surface area contributed by atoms with Crippen molar-refractivity contribution in [1.29, 1.82) is 0 Å². The number of carboxylic acids is 1. The Balaban J connectivity index is 1.68. The highest BCUT2D eigenvalue weighted by Crippen LogP contribution is 2.44. The topological polar surface area (TPSA) is 66.8 Å². The van der Waals surface area contributed by atoms with E-state index >= 15 is 0 Å². The van der Waals surface area contributed by atoms with Gasteiger partial charge < -0.3 is 9.84 Å². The Morgan fingerprint density at radius 3 is 2.67 bits per heavy atom. The maximum Gasteiger partial charge on any atom is 0.411 e. The number of fused-ring (bicyclic) bond motifs is 2. The van der Waals surface area contributed by atoms with Crippen molar-refractivity contribution < 1.29 is 23.8 Å². The number of halogens is 1. The second kappa shape index (κ2) is 5.35. The number of amides is 1. The molecule has 21 heavy (non-hydrogen) atoms. The molecule has 2 fully saturated rings. The lowest BCUT2D eigenvalue weighted by molar-refractivity contribution is -0.145. The van der Waals surface area contributed by atoms with E-state index in [4.69, 9.17) is 4.74 Å². The van der Waals surface area contributed by atoms with Gasteiger partial charge in [0.05, 0.1) is 0 Å². The van der Waals surface area contributed by atoms with Crippen LogP contribution in [0, 0.1) is 5.92 Å². The Bertz CT molecular complexity index is 550. The third-order valence-electron chi connectivity index (χ3n) is 4.27. The standard InChI is InChI=1S/C15H16FNO4/c16-12-7-10-6-11(12)13(14(18)19)17(10)15(20)21-8-9-4-2-1-3-5-9/h1-5,10-13H,6-8H2,(H,18,19). The average Bonchev–Trinajstić information content (AvgIpc) is 3.02. The lowest BCUT2D eigenvalue weighted by Gasteiger charge is -2.33. The van der Waals surface area contributed by atoms with Gasteiger partial charge in [-0.2, -0.15) is 0 Å². The molecule has 1 aromatic carbocycles. The largest absolute Gasteiger partial charge is 0.480 e. The monoisotopic (exact) mass is 293 g/mol. The first-order chi connectivity index (χ1) is 10.1. The van der Waals surface area contributed by atoms with Gasteiger partial charge >= 0.3 is 12.1 Å². The molecule has 1 saturated carbocycles. The van der Waals surface area contributed by atoms with Crippen LogP contribution in [-0.2, 0) is 16.1 Å². The summed E-state index contributed by atoms with van der Waals surface area (Å²) in [6, 6.07) is 7.66. The quantitative estimate of drug-likeness (QED) is 0.928. The van der Waals surface area contributed by atoms with Crippen molar-refractivity contribution in [2.75, 3.05) is 0 Å². The third kappa shape index (κ3) is 2.46. The Hall–Kier alpha value is -2.11. The second-order valence-electron chi connectivity index (χ2n) is 5.54. The van der Waals surface area contributed by atoms with Crippen LogP contribution in [0.3, 0.4) is 0 Å². The van der Waals surface area contributed by atoms with Gasteiger partial charge in [0.2, 0.25) is 0 Å². The highest BCUT2D eigenvalue weighted by molar-refractivity contribution is 5.82. The van der Waals surface area contributed by atoms with Crippen LogP contribution >= 0.6 is 0 Å². The molecule has 3 rings (SSSR count). The minimum atomic E-state index is -1.17. The molecule has 0 aromatic heterocycles. The van der Waals surface area contributed by atoms with E-state index in [9.17, 15) is 19.1 Å². The van der Waals surface area contributed by atoms with Crippen LogP contribution in [0.5, 0.6) is 0 Å².